The maximum atomic E-state index is 14.0. The van der Waals surface area contributed by atoms with E-state index < -0.39 is 5.82 Å². The van der Waals surface area contributed by atoms with Crippen LogP contribution < -0.4 is 9.47 Å². The van der Waals surface area contributed by atoms with Crippen LogP contribution in [-0.4, -0.2) is 30.1 Å². The van der Waals surface area contributed by atoms with Gasteiger partial charge in [-0.1, -0.05) is 28.9 Å². The molecular formula is C24H24ClFN2O4. The molecule has 0 atom stereocenters. The number of carbonyl (C=O) groups excluding carboxylic acids is 1. The first-order chi connectivity index (χ1) is 15.3. The van der Waals surface area contributed by atoms with E-state index in [0.29, 0.717) is 23.9 Å². The molecule has 0 saturated heterocycles. The zero-order valence-electron chi connectivity index (χ0n) is 18.3. The molecule has 0 unspecified atom stereocenters. The second-order valence-electron chi connectivity index (χ2n) is 7.23. The number of methoxy groups -OCH3 is 1. The fourth-order valence-corrected chi connectivity index (χ4v) is 3.28. The molecule has 2 aromatic carbocycles. The summed E-state index contributed by atoms with van der Waals surface area (Å²) >= 11 is 6.04. The number of amides is 1. The lowest BCUT2D eigenvalue weighted by atomic mass is 10.1. The number of rotatable bonds is 8. The Bertz CT molecular complexity index is 1100. The van der Waals surface area contributed by atoms with Crippen molar-refractivity contribution < 1.29 is 23.2 Å². The second-order valence-corrected chi connectivity index (χ2v) is 7.64. The van der Waals surface area contributed by atoms with Gasteiger partial charge in [0.05, 0.1) is 18.4 Å². The average Bonchev–Trinajstić information content (AvgIpc) is 3.10. The predicted molar refractivity (Wildman–Crippen MR) is 120 cm³/mol. The third kappa shape index (κ3) is 5.48. The van der Waals surface area contributed by atoms with Gasteiger partial charge in [-0.05, 0) is 49.8 Å². The number of halogens is 2. The molecule has 8 heteroatoms. The first-order valence-corrected chi connectivity index (χ1v) is 10.3. The van der Waals surface area contributed by atoms with Crippen LogP contribution in [0.5, 0.6) is 11.5 Å². The number of carbonyl (C=O) groups is 1. The summed E-state index contributed by atoms with van der Waals surface area (Å²) in [4.78, 5) is 13.9. The molecule has 0 spiro atoms. The lowest BCUT2D eigenvalue weighted by Crippen LogP contribution is -2.24. The van der Waals surface area contributed by atoms with Crippen molar-refractivity contribution in [1.29, 1.82) is 0 Å². The van der Waals surface area contributed by atoms with Gasteiger partial charge >= 0.3 is 0 Å². The van der Waals surface area contributed by atoms with E-state index in [2.05, 4.69) is 5.16 Å². The Balaban J connectivity index is 1.67. The van der Waals surface area contributed by atoms with Crippen molar-refractivity contribution >= 4 is 23.6 Å². The van der Waals surface area contributed by atoms with Gasteiger partial charge in [0.1, 0.15) is 18.2 Å². The van der Waals surface area contributed by atoms with Crippen molar-refractivity contribution in [2.75, 3.05) is 14.2 Å². The van der Waals surface area contributed by atoms with E-state index in [4.69, 9.17) is 25.6 Å². The SMILES string of the molecule is COc1cc(/C=C/C(=O)N(C)Cc2c(F)cccc2Cl)ccc1OCc1c(C)noc1C. The van der Waals surface area contributed by atoms with Crippen LogP contribution in [-0.2, 0) is 17.9 Å². The van der Waals surface area contributed by atoms with Crippen LogP contribution >= 0.6 is 11.6 Å². The lowest BCUT2D eigenvalue weighted by molar-refractivity contribution is -0.125. The molecule has 0 bridgehead atoms. The van der Waals surface area contributed by atoms with Crippen LogP contribution in [0.3, 0.4) is 0 Å². The van der Waals surface area contributed by atoms with Crippen molar-refractivity contribution in [3.63, 3.8) is 0 Å². The van der Waals surface area contributed by atoms with Gasteiger partial charge in [0.25, 0.3) is 0 Å². The maximum absolute atomic E-state index is 14.0. The predicted octanol–water partition coefficient (Wildman–Crippen LogP) is 5.34. The number of ether oxygens (including phenoxy) is 2. The van der Waals surface area contributed by atoms with Crippen LogP contribution in [0.15, 0.2) is 47.0 Å². The Morgan fingerprint density at radius 1 is 1.22 bits per heavy atom. The zero-order valence-corrected chi connectivity index (χ0v) is 19.1. The van der Waals surface area contributed by atoms with E-state index >= 15 is 0 Å². The quantitative estimate of drug-likeness (QED) is 0.426. The molecule has 3 rings (SSSR count). The van der Waals surface area contributed by atoms with Crippen LogP contribution in [0, 0.1) is 19.7 Å². The summed E-state index contributed by atoms with van der Waals surface area (Å²) in [6, 6.07) is 9.78. The van der Waals surface area contributed by atoms with Crippen molar-refractivity contribution in [3.05, 3.63) is 81.5 Å². The molecule has 0 fully saturated rings. The van der Waals surface area contributed by atoms with Crippen LogP contribution in [0.4, 0.5) is 4.39 Å². The summed E-state index contributed by atoms with van der Waals surface area (Å²) in [6.45, 7) is 4.05. The Morgan fingerprint density at radius 3 is 2.66 bits per heavy atom. The Hall–Kier alpha value is -3.32. The number of hydrogen-bond donors (Lipinski definition) is 0. The van der Waals surface area contributed by atoms with Gasteiger partial charge in [-0.3, -0.25) is 4.79 Å². The van der Waals surface area contributed by atoms with Gasteiger partial charge < -0.3 is 18.9 Å². The summed E-state index contributed by atoms with van der Waals surface area (Å²) in [5, 5.41) is 4.20. The second kappa shape index (κ2) is 10.3. The lowest BCUT2D eigenvalue weighted by Gasteiger charge is -2.16. The van der Waals surface area contributed by atoms with E-state index in [-0.39, 0.29) is 23.0 Å². The van der Waals surface area contributed by atoms with Gasteiger partial charge in [0.2, 0.25) is 5.91 Å². The van der Waals surface area contributed by atoms with E-state index in [9.17, 15) is 9.18 Å². The van der Waals surface area contributed by atoms with Gasteiger partial charge in [-0.15, -0.1) is 0 Å². The van der Waals surface area contributed by atoms with Crippen molar-refractivity contribution in [3.8, 4) is 11.5 Å². The maximum Gasteiger partial charge on any atom is 0.246 e. The van der Waals surface area contributed by atoms with E-state index in [0.717, 1.165) is 16.8 Å². The van der Waals surface area contributed by atoms with Gasteiger partial charge in [-0.25, -0.2) is 4.39 Å². The van der Waals surface area contributed by atoms with Crippen LogP contribution in [0.25, 0.3) is 6.08 Å². The summed E-state index contributed by atoms with van der Waals surface area (Å²) in [5.41, 5.74) is 2.69. The third-order valence-corrected chi connectivity index (χ3v) is 5.35. The summed E-state index contributed by atoms with van der Waals surface area (Å²) in [7, 11) is 3.13. The number of hydrogen-bond acceptors (Lipinski definition) is 5. The van der Waals surface area contributed by atoms with Crippen LogP contribution in [0.1, 0.15) is 28.1 Å². The molecule has 1 heterocycles. The smallest absolute Gasteiger partial charge is 0.246 e. The molecule has 0 radical (unpaired) electrons. The first kappa shape index (κ1) is 23.3. The number of benzene rings is 2. The Labute approximate surface area is 191 Å². The highest BCUT2D eigenvalue weighted by Crippen LogP contribution is 2.30. The Morgan fingerprint density at radius 2 is 2.00 bits per heavy atom. The molecule has 0 aliphatic heterocycles. The topological polar surface area (TPSA) is 64.8 Å². The van der Waals surface area contributed by atoms with E-state index in [1.165, 1.54) is 23.1 Å². The first-order valence-electron chi connectivity index (χ1n) is 9.88. The normalized spacial score (nSPS) is 11.1. The molecule has 168 valence electrons. The van der Waals surface area contributed by atoms with Crippen molar-refractivity contribution in [1.82, 2.24) is 10.1 Å². The molecule has 3 aromatic rings. The molecule has 32 heavy (non-hydrogen) atoms. The minimum absolute atomic E-state index is 0.0620. The fourth-order valence-electron chi connectivity index (χ4n) is 3.06. The highest BCUT2D eigenvalue weighted by Gasteiger charge is 2.14. The average molecular weight is 459 g/mol. The van der Waals surface area contributed by atoms with Gasteiger partial charge in [0.15, 0.2) is 11.5 Å². The fraction of sp³-hybridized carbons (Fsp3) is 0.250. The summed E-state index contributed by atoms with van der Waals surface area (Å²) in [5.74, 6) is 1.06. The highest BCUT2D eigenvalue weighted by molar-refractivity contribution is 6.31. The molecule has 1 aromatic heterocycles. The summed E-state index contributed by atoms with van der Waals surface area (Å²) < 4.78 is 30.4. The number of likely N-dealkylation sites (N-methyl/N-ethyl adjacent to an activating group) is 1. The van der Waals surface area contributed by atoms with Gasteiger partial charge in [-0.2, -0.15) is 0 Å². The zero-order chi connectivity index (χ0) is 23.3. The van der Waals surface area contributed by atoms with Crippen LogP contribution in [0.2, 0.25) is 5.02 Å². The van der Waals surface area contributed by atoms with Crippen molar-refractivity contribution in [2.45, 2.75) is 27.0 Å². The Kier molecular flexibility index (Phi) is 7.53. The van der Waals surface area contributed by atoms with Crippen molar-refractivity contribution in [2.24, 2.45) is 0 Å². The number of aryl methyl sites for hydroxylation is 2. The molecule has 6 nitrogen and oxygen atoms in total. The standard InChI is InChI=1S/C24H24ClFN2O4/c1-15-19(16(2)32-27-15)14-31-22-10-8-17(12-23(22)30-4)9-11-24(29)28(3)13-18-20(25)6-5-7-21(18)26/h5-12H,13-14H2,1-4H3/b11-9+. The molecule has 0 N–H and O–H groups in total. The minimum Gasteiger partial charge on any atom is -0.493 e. The molecular weight excluding hydrogens is 435 g/mol. The minimum atomic E-state index is -0.446. The number of aromatic nitrogens is 1. The number of nitrogens with zero attached hydrogens (tertiary/aromatic N) is 2. The third-order valence-electron chi connectivity index (χ3n) is 4.99. The molecule has 0 saturated carbocycles. The van der Waals surface area contributed by atoms with E-state index in [1.807, 2.05) is 19.9 Å². The molecule has 0 aliphatic carbocycles. The molecule has 0 aliphatic rings. The molecule has 1 amide bonds. The highest BCUT2D eigenvalue weighted by atomic mass is 35.5. The summed E-state index contributed by atoms with van der Waals surface area (Å²) in [6.07, 6.45) is 3.07. The van der Waals surface area contributed by atoms with E-state index in [1.54, 1.807) is 38.4 Å². The monoisotopic (exact) mass is 458 g/mol. The van der Waals surface area contributed by atoms with Gasteiger partial charge in [0, 0.05) is 30.3 Å². The largest absolute Gasteiger partial charge is 0.493 e.